The van der Waals surface area contributed by atoms with Gasteiger partial charge in [0.05, 0.1) is 5.69 Å². The first kappa shape index (κ1) is 13.8. The maximum absolute atomic E-state index is 11.8. The Morgan fingerprint density at radius 1 is 1.16 bits per heavy atom. The summed E-state index contributed by atoms with van der Waals surface area (Å²) in [6.45, 7) is 0. The minimum atomic E-state index is -0.202. The van der Waals surface area contributed by atoms with Crippen LogP contribution < -0.4 is 5.32 Å². The second-order valence-corrected chi connectivity index (χ2v) is 5.15. The van der Waals surface area contributed by atoms with Gasteiger partial charge in [0.25, 0.3) is 0 Å². The standard InChI is InChI=1S/C15H11BrClNO/c16-13-8-7-12(17)10-14(13)18-15(19)9-6-11-4-2-1-3-5-11/h1-10H,(H,18,19)/b9-6+. The maximum atomic E-state index is 11.8. The lowest BCUT2D eigenvalue weighted by atomic mass is 10.2. The molecule has 0 aliphatic rings. The Morgan fingerprint density at radius 3 is 2.63 bits per heavy atom. The van der Waals surface area contributed by atoms with Gasteiger partial charge in [-0.2, -0.15) is 0 Å². The summed E-state index contributed by atoms with van der Waals surface area (Å²) in [5.74, 6) is -0.202. The molecule has 0 aromatic heterocycles. The van der Waals surface area contributed by atoms with E-state index in [1.807, 2.05) is 30.3 Å². The maximum Gasteiger partial charge on any atom is 0.248 e. The van der Waals surface area contributed by atoms with E-state index in [-0.39, 0.29) is 5.91 Å². The van der Waals surface area contributed by atoms with Gasteiger partial charge >= 0.3 is 0 Å². The summed E-state index contributed by atoms with van der Waals surface area (Å²) in [5, 5.41) is 3.34. The Hall–Kier alpha value is -1.58. The number of halogens is 2. The molecular formula is C15H11BrClNO. The lowest BCUT2D eigenvalue weighted by molar-refractivity contribution is -0.111. The van der Waals surface area contributed by atoms with Crippen LogP contribution in [-0.4, -0.2) is 5.91 Å². The van der Waals surface area contributed by atoms with E-state index in [1.165, 1.54) is 6.08 Å². The molecular weight excluding hydrogens is 326 g/mol. The molecule has 0 unspecified atom stereocenters. The van der Waals surface area contributed by atoms with Crippen molar-refractivity contribution < 1.29 is 4.79 Å². The molecule has 1 N–H and O–H groups in total. The molecule has 0 aliphatic carbocycles. The predicted molar refractivity (Wildman–Crippen MR) is 83.3 cm³/mol. The highest BCUT2D eigenvalue weighted by Crippen LogP contribution is 2.25. The minimum Gasteiger partial charge on any atom is -0.321 e. The molecule has 0 heterocycles. The monoisotopic (exact) mass is 335 g/mol. The van der Waals surface area contributed by atoms with Crippen LogP contribution in [-0.2, 0) is 4.79 Å². The van der Waals surface area contributed by atoms with Gasteiger partial charge in [0.2, 0.25) is 5.91 Å². The largest absolute Gasteiger partial charge is 0.321 e. The van der Waals surface area contributed by atoms with E-state index in [0.717, 1.165) is 10.0 Å². The summed E-state index contributed by atoms with van der Waals surface area (Å²) in [6.07, 6.45) is 3.25. The van der Waals surface area contributed by atoms with E-state index in [9.17, 15) is 4.79 Å². The van der Waals surface area contributed by atoms with Crippen LogP contribution in [0.4, 0.5) is 5.69 Å². The molecule has 0 aliphatic heterocycles. The molecule has 2 rings (SSSR count). The van der Waals surface area contributed by atoms with Gasteiger partial charge in [-0.05, 0) is 45.8 Å². The number of rotatable bonds is 3. The van der Waals surface area contributed by atoms with Crippen LogP contribution in [0.15, 0.2) is 59.1 Å². The Kier molecular flexibility index (Phi) is 4.77. The normalized spacial score (nSPS) is 10.6. The van der Waals surface area contributed by atoms with Crippen LogP contribution in [0.2, 0.25) is 5.02 Å². The fourth-order valence-corrected chi connectivity index (χ4v) is 2.02. The second-order valence-electron chi connectivity index (χ2n) is 3.86. The molecule has 0 radical (unpaired) electrons. The molecule has 2 nitrogen and oxygen atoms in total. The minimum absolute atomic E-state index is 0.202. The van der Waals surface area contributed by atoms with Gasteiger partial charge in [-0.15, -0.1) is 0 Å². The van der Waals surface area contributed by atoms with Crippen LogP contribution in [0.25, 0.3) is 6.08 Å². The van der Waals surface area contributed by atoms with E-state index in [1.54, 1.807) is 24.3 Å². The van der Waals surface area contributed by atoms with Crippen molar-refractivity contribution in [2.45, 2.75) is 0 Å². The van der Waals surface area contributed by atoms with Crippen molar-refractivity contribution >= 4 is 45.2 Å². The molecule has 96 valence electrons. The summed E-state index contributed by atoms with van der Waals surface area (Å²) < 4.78 is 0.790. The van der Waals surface area contributed by atoms with Crippen LogP contribution in [0.1, 0.15) is 5.56 Å². The van der Waals surface area contributed by atoms with Gasteiger partial charge in [0, 0.05) is 15.6 Å². The zero-order chi connectivity index (χ0) is 13.7. The Labute approximate surface area is 125 Å². The predicted octanol–water partition coefficient (Wildman–Crippen LogP) is 4.75. The molecule has 0 fully saturated rings. The molecule has 0 saturated carbocycles. The topological polar surface area (TPSA) is 29.1 Å². The fraction of sp³-hybridized carbons (Fsp3) is 0. The number of carbonyl (C=O) groups is 1. The average Bonchev–Trinajstić information content (AvgIpc) is 2.42. The second kappa shape index (κ2) is 6.55. The summed E-state index contributed by atoms with van der Waals surface area (Å²) in [4.78, 5) is 11.8. The number of nitrogens with one attached hydrogen (secondary N) is 1. The van der Waals surface area contributed by atoms with Crippen molar-refractivity contribution in [3.63, 3.8) is 0 Å². The average molecular weight is 337 g/mol. The van der Waals surface area contributed by atoms with Crippen LogP contribution >= 0.6 is 27.5 Å². The first-order valence-electron chi connectivity index (χ1n) is 5.64. The molecule has 19 heavy (non-hydrogen) atoms. The first-order valence-corrected chi connectivity index (χ1v) is 6.81. The third-order valence-electron chi connectivity index (χ3n) is 2.41. The van der Waals surface area contributed by atoms with E-state index in [2.05, 4.69) is 21.2 Å². The number of carbonyl (C=O) groups excluding carboxylic acids is 1. The van der Waals surface area contributed by atoms with Crippen molar-refractivity contribution in [1.82, 2.24) is 0 Å². The van der Waals surface area contributed by atoms with E-state index < -0.39 is 0 Å². The summed E-state index contributed by atoms with van der Waals surface area (Å²) >= 11 is 9.24. The number of hydrogen-bond acceptors (Lipinski definition) is 1. The van der Waals surface area contributed by atoms with E-state index in [0.29, 0.717) is 10.7 Å². The van der Waals surface area contributed by atoms with E-state index >= 15 is 0 Å². The molecule has 2 aromatic carbocycles. The van der Waals surface area contributed by atoms with E-state index in [4.69, 9.17) is 11.6 Å². The highest BCUT2D eigenvalue weighted by Gasteiger charge is 2.03. The number of hydrogen-bond donors (Lipinski definition) is 1. The lowest BCUT2D eigenvalue weighted by Crippen LogP contribution is -2.08. The van der Waals surface area contributed by atoms with Crippen molar-refractivity contribution in [1.29, 1.82) is 0 Å². The molecule has 2 aromatic rings. The fourth-order valence-electron chi connectivity index (χ4n) is 1.50. The van der Waals surface area contributed by atoms with Gasteiger partial charge in [-0.25, -0.2) is 0 Å². The third-order valence-corrected chi connectivity index (χ3v) is 3.34. The first-order chi connectivity index (χ1) is 9.15. The number of amides is 1. The van der Waals surface area contributed by atoms with Gasteiger partial charge in [-0.3, -0.25) is 4.79 Å². The van der Waals surface area contributed by atoms with Crippen molar-refractivity contribution in [3.8, 4) is 0 Å². The van der Waals surface area contributed by atoms with Crippen molar-refractivity contribution in [2.75, 3.05) is 5.32 Å². The highest BCUT2D eigenvalue weighted by molar-refractivity contribution is 9.10. The molecule has 1 amide bonds. The Bertz CT molecular complexity index is 611. The molecule has 0 atom stereocenters. The lowest BCUT2D eigenvalue weighted by Gasteiger charge is -2.05. The van der Waals surface area contributed by atoms with Crippen molar-refractivity contribution in [2.24, 2.45) is 0 Å². The van der Waals surface area contributed by atoms with Crippen molar-refractivity contribution in [3.05, 3.63) is 69.7 Å². The van der Waals surface area contributed by atoms with Crippen LogP contribution in [0.5, 0.6) is 0 Å². The van der Waals surface area contributed by atoms with Gasteiger partial charge in [-0.1, -0.05) is 41.9 Å². The summed E-state index contributed by atoms with van der Waals surface area (Å²) in [7, 11) is 0. The third kappa shape index (κ3) is 4.23. The molecule has 0 bridgehead atoms. The Balaban J connectivity index is 2.06. The molecule has 4 heteroatoms. The van der Waals surface area contributed by atoms with Gasteiger partial charge in [0.15, 0.2) is 0 Å². The smallest absolute Gasteiger partial charge is 0.248 e. The number of anilines is 1. The summed E-state index contributed by atoms with van der Waals surface area (Å²) in [5.41, 5.74) is 1.62. The number of benzene rings is 2. The zero-order valence-corrected chi connectivity index (χ0v) is 12.3. The van der Waals surface area contributed by atoms with Crippen LogP contribution in [0, 0.1) is 0 Å². The van der Waals surface area contributed by atoms with Gasteiger partial charge in [0.1, 0.15) is 0 Å². The molecule has 0 saturated heterocycles. The van der Waals surface area contributed by atoms with Gasteiger partial charge < -0.3 is 5.32 Å². The SMILES string of the molecule is O=C(/C=C/c1ccccc1)Nc1cc(Cl)ccc1Br. The zero-order valence-electron chi connectivity index (χ0n) is 9.94. The van der Waals surface area contributed by atoms with Crippen LogP contribution in [0.3, 0.4) is 0 Å². The quantitative estimate of drug-likeness (QED) is 0.805. The summed E-state index contributed by atoms with van der Waals surface area (Å²) in [6, 6.07) is 14.9. The highest BCUT2D eigenvalue weighted by atomic mass is 79.9. The molecule has 0 spiro atoms. The Morgan fingerprint density at radius 2 is 1.89 bits per heavy atom.